The summed E-state index contributed by atoms with van der Waals surface area (Å²) in [4.78, 5) is 38.2. The van der Waals surface area contributed by atoms with Crippen LogP contribution in [0, 0.1) is 5.92 Å². The Labute approximate surface area is 168 Å². The molecule has 29 heavy (non-hydrogen) atoms. The summed E-state index contributed by atoms with van der Waals surface area (Å²) in [5.41, 5.74) is -0.475. The first-order valence-corrected chi connectivity index (χ1v) is 9.50. The van der Waals surface area contributed by atoms with Crippen molar-refractivity contribution in [2.24, 2.45) is 5.92 Å². The Morgan fingerprint density at radius 1 is 1.14 bits per heavy atom. The average molecular weight is 402 g/mol. The van der Waals surface area contributed by atoms with Crippen molar-refractivity contribution in [2.45, 2.75) is 51.5 Å². The van der Waals surface area contributed by atoms with Crippen LogP contribution in [0.2, 0.25) is 0 Å². The number of hydrogen-bond acceptors (Lipinski definition) is 6. The summed E-state index contributed by atoms with van der Waals surface area (Å²) >= 11 is 0. The number of rotatable bonds is 3. The van der Waals surface area contributed by atoms with Crippen LogP contribution in [0.1, 0.15) is 49.8 Å². The Balaban J connectivity index is 2.01. The Bertz CT molecular complexity index is 1020. The fraction of sp³-hybridized carbons (Fsp3) is 0.476. The number of aromatic nitrogens is 2. The average Bonchev–Trinajstić information content (AvgIpc) is 2.95. The molecule has 2 N–H and O–H groups in total. The molecule has 2 heterocycles. The Morgan fingerprint density at radius 2 is 1.76 bits per heavy atom. The van der Waals surface area contributed by atoms with Gasteiger partial charge in [0.15, 0.2) is 0 Å². The topological polar surface area (TPSA) is 111 Å². The lowest BCUT2D eigenvalue weighted by Crippen LogP contribution is -2.45. The van der Waals surface area contributed by atoms with E-state index in [0.29, 0.717) is 4.57 Å². The van der Waals surface area contributed by atoms with Crippen molar-refractivity contribution < 1.29 is 19.7 Å². The lowest BCUT2D eigenvalue weighted by Gasteiger charge is -2.20. The lowest BCUT2D eigenvalue weighted by molar-refractivity contribution is -0.0480. The minimum atomic E-state index is -0.974. The SMILES string of the molecule is C[C@@H]1[C@H](O)[C@@H](CO)O[C@H]1n1ccc(=O)n(C(=O)c2ccc(C(C)(C)C)cc2)c1=O. The number of carbonyl (C=O) groups is 1. The maximum absolute atomic E-state index is 12.9. The van der Waals surface area contributed by atoms with Gasteiger partial charge in [-0.05, 0) is 23.1 Å². The summed E-state index contributed by atoms with van der Waals surface area (Å²) in [7, 11) is 0. The minimum absolute atomic E-state index is 0.0993. The van der Waals surface area contributed by atoms with Crippen molar-refractivity contribution >= 4 is 5.91 Å². The number of ether oxygens (including phenoxy) is 1. The van der Waals surface area contributed by atoms with Crippen LogP contribution in [0.4, 0.5) is 0 Å². The van der Waals surface area contributed by atoms with Crippen molar-refractivity contribution in [3.05, 3.63) is 68.5 Å². The van der Waals surface area contributed by atoms with E-state index in [4.69, 9.17) is 4.74 Å². The third-order valence-corrected chi connectivity index (χ3v) is 5.35. The number of carbonyl (C=O) groups excluding carboxylic acids is 1. The van der Waals surface area contributed by atoms with E-state index in [-0.39, 0.29) is 11.0 Å². The van der Waals surface area contributed by atoms with Crippen molar-refractivity contribution in [3.63, 3.8) is 0 Å². The lowest BCUT2D eigenvalue weighted by atomic mass is 9.87. The molecule has 0 unspecified atom stereocenters. The summed E-state index contributed by atoms with van der Waals surface area (Å²) in [6, 6.07) is 7.88. The zero-order valence-corrected chi connectivity index (χ0v) is 16.9. The van der Waals surface area contributed by atoms with E-state index in [0.717, 1.165) is 16.2 Å². The van der Waals surface area contributed by atoms with Gasteiger partial charge in [-0.1, -0.05) is 39.8 Å². The van der Waals surface area contributed by atoms with E-state index in [1.165, 1.54) is 6.20 Å². The zero-order chi connectivity index (χ0) is 21.5. The van der Waals surface area contributed by atoms with Crippen LogP contribution in [0.3, 0.4) is 0 Å². The minimum Gasteiger partial charge on any atom is -0.394 e. The summed E-state index contributed by atoms with van der Waals surface area (Å²) in [5, 5.41) is 19.5. The second kappa shape index (κ2) is 7.70. The van der Waals surface area contributed by atoms with Gasteiger partial charge < -0.3 is 14.9 Å². The quantitative estimate of drug-likeness (QED) is 0.789. The molecule has 0 bridgehead atoms. The third-order valence-electron chi connectivity index (χ3n) is 5.35. The van der Waals surface area contributed by atoms with Crippen LogP contribution < -0.4 is 11.2 Å². The summed E-state index contributed by atoms with van der Waals surface area (Å²) in [5.74, 6) is -1.25. The standard InChI is InChI=1S/C21H26N2O6/c1-12-17(26)15(11-24)29-19(12)22-10-9-16(25)23(20(22)28)18(27)13-5-7-14(8-6-13)21(2,3)4/h5-10,12,15,17,19,24,26H,11H2,1-4H3/t12-,15-,17+,19-/m1/s1. The molecule has 156 valence electrons. The molecule has 0 spiro atoms. The Hall–Kier alpha value is -2.55. The Kier molecular flexibility index (Phi) is 5.62. The molecule has 1 saturated heterocycles. The number of aliphatic hydroxyl groups excluding tert-OH is 2. The maximum atomic E-state index is 12.9. The van der Waals surface area contributed by atoms with Crippen LogP contribution in [0.25, 0.3) is 0 Å². The van der Waals surface area contributed by atoms with E-state index < -0.39 is 48.1 Å². The van der Waals surface area contributed by atoms with Gasteiger partial charge in [0.05, 0.1) is 12.7 Å². The van der Waals surface area contributed by atoms with Gasteiger partial charge in [-0.3, -0.25) is 14.2 Å². The number of benzene rings is 1. The predicted octanol–water partition coefficient (Wildman–Crippen LogP) is 0.883. The molecule has 1 aromatic heterocycles. The van der Waals surface area contributed by atoms with Crippen LogP contribution in [0.5, 0.6) is 0 Å². The van der Waals surface area contributed by atoms with Gasteiger partial charge in [0, 0.05) is 23.7 Å². The second-order valence-electron chi connectivity index (χ2n) is 8.41. The smallest absolute Gasteiger partial charge is 0.340 e. The van der Waals surface area contributed by atoms with Gasteiger partial charge in [0.25, 0.3) is 11.5 Å². The van der Waals surface area contributed by atoms with E-state index in [1.54, 1.807) is 31.2 Å². The third kappa shape index (κ3) is 3.83. The van der Waals surface area contributed by atoms with Crippen LogP contribution >= 0.6 is 0 Å². The van der Waals surface area contributed by atoms with Gasteiger partial charge >= 0.3 is 5.69 Å². The molecule has 8 nitrogen and oxygen atoms in total. The molecule has 1 aliphatic rings. The molecule has 3 rings (SSSR count). The molecule has 0 saturated carbocycles. The van der Waals surface area contributed by atoms with Crippen LogP contribution in [-0.2, 0) is 10.2 Å². The first kappa shape index (κ1) is 21.2. The van der Waals surface area contributed by atoms with E-state index in [9.17, 15) is 24.6 Å². The summed E-state index contributed by atoms with van der Waals surface area (Å²) in [6.45, 7) is 7.39. The molecular formula is C21H26N2O6. The van der Waals surface area contributed by atoms with Gasteiger partial charge in [-0.2, -0.15) is 4.57 Å². The molecule has 2 aromatic rings. The van der Waals surface area contributed by atoms with Crippen molar-refractivity contribution in [1.29, 1.82) is 0 Å². The normalized spacial score (nSPS) is 24.6. The number of nitrogens with zero attached hydrogens (tertiary/aromatic N) is 2. The second-order valence-corrected chi connectivity index (χ2v) is 8.41. The highest BCUT2D eigenvalue weighted by molar-refractivity contribution is 5.95. The van der Waals surface area contributed by atoms with E-state index in [2.05, 4.69) is 0 Å². The van der Waals surface area contributed by atoms with Gasteiger partial charge in [-0.15, -0.1) is 0 Å². The molecular weight excluding hydrogens is 376 g/mol. The van der Waals surface area contributed by atoms with E-state index in [1.807, 2.05) is 20.8 Å². The molecule has 0 radical (unpaired) electrons. The largest absolute Gasteiger partial charge is 0.394 e. The maximum Gasteiger partial charge on any atom is 0.340 e. The predicted molar refractivity (Wildman–Crippen MR) is 106 cm³/mol. The molecule has 8 heteroatoms. The highest BCUT2D eigenvalue weighted by atomic mass is 16.5. The van der Waals surface area contributed by atoms with Crippen molar-refractivity contribution in [3.8, 4) is 0 Å². The number of hydrogen-bond donors (Lipinski definition) is 2. The van der Waals surface area contributed by atoms with Gasteiger partial charge in [-0.25, -0.2) is 4.79 Å². The van der Waals surface area contributed by atoms with E-state index >= 15 is 0 Å². The first-order chi connectivity index (χ1) is 13.6. The fourth-order valence-electron chi connectivity index (χ4n) is 3.48. The Morgan fingerprint density at radius 3 is 2.28 bits per heavy atom. The molecule has 0 amide bonds. The molecule has 1 aromatic carbocycles. The first-order valence-electron chi connectivity index (χ1n) is 9.50. The summed E-state index contributed by atoms with van der Waals surface area (Å²) in [6.07, 6.45) is -1.48. The molecule has 0 aliphatic carbocycles. The van der Waals surface area contributed by atoms with Crippen molar-refractivity contribution in [1.82, 2.24) is 9.13 Å². The fourth-order valence-corrected chi connectivity index (χ4v) is 3.48. The number of aliphatic hydroxyl groups is 2. The van der Waals surface area contributed by atoms with Gasteiger partial charge in [0.2, 0.25) is 0 Å². The highest BCUT2D eigenvalue weighted by Crippen LogP contribution is 2.33. The highest BCUT2D eigenvalue weighted by Gasteiger charge is 2.42. The van der Waals surface area contributed by atoms with Crippen LogP contribution in [0.15, 0.2) is 46.1 Å². The molecule has 1 aliphatic heterocycles. The monoisotopic (exact) mass is 402 g/mol. The van der Waals surface area contributed by atoms with Crippen molar-refractivity contribution in [2.75, 3.05) is 6.61 Å². The molecule has 1 fully saturated rings. The zero-order valence-electron chi connectivity index (χ0n) is 16.9. The van der Waals surface area contributed by atoms with Gasteiger partial charge in [0.1, 0.15) is 12.3 Å². The van der Waals surface area contributed by atoms with Crippen LogP contribution in [-0.4, -0.2) is 44.1 Å². The molecule has 4 atom stereocenters. The summed E-state index contributed by atoms with van der Waals surface area (Å²) < 4.78 is 7.23.